The highest BCUT2D eigenvalue weighted by molar-refractivity contribution is 6.00. The first-order valence-electron chi connectivity index (χ1n) is 5.14. The van der Waals surface area contributed by atoms with Crippen LogP contribution >= 0.6 is 0 Å². The molecule has 0 aliphatic carbocycles. The van der Waals surface area contributed by atoms with Crippen molar-refractivity contribution in [2.45, 2.75) is 5.92 Å². The fourth-order valence-corrected chi connectivity index (χ4v) is 1.81. The molecule has 2 rings (SSSR count). The third kappa shape index (κ3) is 2.15. The van der Waals surface area contributed by atoms with Crippen LogP contribution < -0.4 is 0 Å². The van der Waals surface area contributed by atoms with Crippen molar-refractivity contribution in [2.24, 2.45) is 0 Å². The fourth-order valence-electron chi connectivity index (χ4n) is 1.81. The zero-order chi connectivity index (χ0) is 13.3. The first-order chi connectivity index (χ1) is 8.49. The van der Waals surface area contributed by atoms with Crippen LogP contribution in [-0.4, -0.2) is 22.2 Å². The summed E-state index contributed by atoms with van der Waals surface area (Å²) in [7, 11) is 0. The SMILES string of the molecule is O=C(O)C(C(=O)O)c1ccc2cc(F)ccc2c1. The molecule has 2 aromatic rings. The van der Waals surface area contributed by atoms with Gasteiger partial charge in [-0.05, 0) is 34.5 Å². The Kier molecular flexibility index (Phi) is 2.97. The summed E-state index contributed by atoms with van der Waals surface area (Å²) in [5, 5.41) is 18.9. The molecule has 0 amide bonds. The number of benzene rings is 2. The number of hydrogen-bond donors (Lipinski definition) is 2. The maximum absolute atomic E-state index is 13.0. The standard InChI is InChI=1S/C13H9FO4/c14-10-4-3-7-5-9(2-1-8(7)6-10)11(12(15)16)13(17)18/h1-6,11H,(H,15,16)(H,17,18). The first-order valence-corrected chi connectivity index (χ1v) is 5.14. The molecule has 0 unspecified atom stereocenters. The number of halogens is 1. The summed E-state index contributed by atoms with van der Waals surface area (Å²) in [6, 6.07) is 8.36. The second-order valence-electron chi connectivity index (χ2n) is 3.86. The third-order valence-corrected chi connectivity index (χ3v) is 2.65. The van der Waals surface area contributed by atoms with Crippen LogP contribution in [0, 0.1) is 5.82 Å². The number of aliphatic carboxylic acids is 2. The predicted octanol–water partition coefficient (Wildman–Crippen LogP) is 2.23. The molecule has 18 heavy (non-hydrogen) atoms. The Morgan fingerprint density at radius 3 is 2.11 bits per heavy atom. The molecule has 0 radical (unpaired) electrons. The number of carboxylic acids is 2. The molecule has 2 N–H and O–H groups in total. The van der Waals surface area contributed by atoms with E-state index in [0.29, 0.717) is 10.8 Å². The number of hydrogen-bond acceptors (Lipinski definition) is 2. The van der Waals surface area contributed by atoms with E-state index < -0.39 is 23.7 Å². The highest BCUT2D eigenvalue weighted by atomic mass is 19.1. The highest BCUT2D eigenvalue weighted by Crippen LogP contribution is 2.23. The van der Waals surface area contributed by atoms with Gasteiger partial charge in [-0.2, -0.15) is 0 Å². The molecule has 0 atom stereocenters. The summed E-state index contributed by atoms with van der Waals surface area (Å²) in [4.78, 5) is 21.8. The Hall–Kier alpha value is -2.43. The quantitative estimate of drug-likeness (QED) is 0.817. The van der Waals surface area contributed by atoms with Crippen molar-refractivity contribution in [1.82, 2.24) is 0 Å². The zero-order valence-electron chi connectivity index (χ0n) is 9.13. The Bertz CT molecular complexity index is 622. The van der Waals surface area contributed by atoms with Gasteiger partial charge in [0.25, 0.3) is 0 Å². The summed E-state index contributed by atoms with van der Waals surface area (Å²) < 4.78 is 13.0. The molecule has 0 fully saturated rings. The van der Waals surface area contributed by atoms with Gasteiger partial charge in [0.15, 0.2) is 5.92 Å². The molecule has 0 saturated carbocycles. The average Bonchev–Trinajstić information content (AvgIpc) is 2.28. The first kappa shape index (κ1) is 12.0. The lowest BCUT2D eigenvalue weighted by molar-refractivity contribution is -0.150. The van der Waals surface area contributed by atoms with E-state index in [0.717, 1.165) is 0 Å². The van der Waals surface area contributed by atoms with E-state index >= 15 is 0 Å². The lowest BCUT2D eigenvalue weighted by atomic mass is 9.96. The smallest absolute Gasteiger partial charge is 0.322 e. The van der Waals surface area contributed by atoms with Crippen LogP contribution in [0.2, 0.25) is 0 Å². The van der Waals surface area contributed by atoms with Gasteiger partial charge in [-0.15, -0.1) is 0 Å². The van der Waals surface area contributed by atoms with Crippen LogP contribution in [0.3, 0.4) is 0 Å². The van der Waals surface area contributed by atoms with E-state index in [2.05, 4.69) is 0 Å². The summed E-state index contributed by atoms with van der Waals surface area (Å²) in [5.74, 6) is -4.87. The predicted molar refractivity (Wildman–Crippen MR) is 61.9 cm³/mol. The maximum atomic E-state index is 13.0. The number of fused-ring (bicyclic) bond motifs is 1. The molecule has 0 aliphatic rings. The van der Waals surface area contributed by atoms with Crippen molar-refractivity contribution in [3.63, 3.8) is 0 Å². The second-order valence-corrected chi connectivity index (χ2v) is 3.86. The zero-order valence-corrected chi connectivity index (χ0v) is 9.13. The lowest BCUT2D eigenvalue weighted by Crippen LogP contribution is -2.20. The van der Waals surface area contributed by atoms with Crippen molar-refractivity contribution in [3.8, 4) is 0 Å². The summed E-state index contributed by atoms with van der Waals surface area (Å²) >= 11 is 0. The van der Waals surface area contributed by atoms with Crippen LogP contribution in [-0.2, 0) is 9.59 Å². The molecule has 2 aromatic carbocycles. The van der Waals surface area contributed by atoms with Crippen molar-refractivity contribution in [2.75, 3.05) is 0 Å². The molecule has 0 bridgehead atoms. The molecule has 0 spiro atoms. The van der Waals surface area contributed by atoms with Crippen LogP contribution in [0.4, 0.5) is 4.39 Å². The van der Waals surface area contributed by atoms with Gasteiger partial charge in [0.1, 0.15) is 5.82 Å². The number of carbonyl (C=O) groups is 2. The van der Waals surface area contributed by atoms with Gasteiger partial charge in [0.2, 0.25) is 0 Å². The van der Waals surface area contributed by atoms with Gasteiger partial charge in [0.05, 0.1) is 0 Å². The van der Waals surface area contributed by atoms with E-state index in [1.807, 2.05) is 0 Å². The number of carboxylic acid groups (broad SMARTS) is 2. The van der Waals surface area contributed by atoms with E-state index in [-0.39, 0.29) is 5.56 Å². The normalized spacial score (nSPS) is 10.8. The largest absolute Gasteiger partial charge is 0.480 e. The molecule has 4 nitrogen and oxygen atoms in total. The lowest BCUT2D eigenvalue weighted by Gasteiger charge is -2.08. The van der Waals surface area contributed by atoms with E-state index in [9.17, 15) is 14.0 Å². The van der Waals surface area contributed by atoms with Gasteiger partial charge in [-0.3, -0.25) is 9.59 Å². The number of rotatable bonds is 3. The van der Waals surface area contributed by atoms with Gasteiger partial charge in [-0.1, -0.05) is 18.2 Å². The van der Waals surface area contributed by atoms with Crippen molar-refractivity contribution < 1.29 is 24.2 Å². The highest BCUT2D eigenvalue weighted by Gasteiger charge is 2.27. The Morgan fingerprint density at radius 2 is 1.50 bits per heavy atom. The average molecular weight is 248 g/mol. The summed E-state index contributed by atoms with van der Waals surface area (Å²) in [6.45, 7) is 0. The topological polar surface area (TPSA) is 74.6 Å². The third-order valence-electron chi connectivity index (χ3n) is 2.65. The Balaban J connectivity index is 2.55. The minimum absolute atomic E-state index is 0.161. The summed E-state index contributed by atoms with van der Waals surface area (Å²) in [5.41, 5.74) is 0.161. The molecule has 92 valence electrons. The molecule has 0 aromatic heterocycles. The minimum atomic E-state index is -1.61. The Labute approximate surface area is 101 Å². The van der Waals surface area contributed by atoms with Crippen LogP contribution in [0.5, 0.6) is 0 Å². The van der Waals surface area contributed by atoms with E-state index in [4.69, 9.17) is 10.2 Å². The van der Waals surface area contributed by atoms with Crippen molar-refractivity contribution in [1.29, 1.82) is 0 Å². The summed E-state index contributed by atoms with van der Waals surface area (Å²) in [6.07, 6.45) is 0. The molecular formula is C13H9FO4. The Morgan fingerprint density at radius 1 is 0.944 bits per heavy atom. The molecular weight excluding hydrogens is 239 g/mol. The van der Waals surface area contributed by atoms with Crippen LogP contribution in [0.25, 0.3) is 10.8 Å². The maximum Gasteiger partial charge on any atom is 0.322 e. The minimum Gasteiger partial charge on any atom is -0.480 e. The second kappa shape index (κ2) is 4.44. The monoisotopic (exact) mass is 248 g/mol. The molecule has 0 heterocycles. The van der Waals surface area contributed by atoms with Gasteiger partial charge in [0, 0.05) is 0 Å². The fraction of sp³-hybridized carbons (Fsp3) is 0.0769. The van der Waals surface area contributed by atoms with Gasteiger partial charge >= 0.3 is 11.9 Å². The van der Waals surface area contributed by atoms with Crippen molar-refractivity contribution >= 4 is 22.7 Å². The van der Waals surface area contributed by atoms with Gasteiger partial charge in [-0.25, -0.2) is 4.39 Å². The van der Waals surface area contributed by atoms with E-state index in [1.54, 1.807) is 0 Å². The van der Waals surface area contributed by atoms with Crippen LogP contribution in [0.1, 0.15) is 11.5 Å². The van der Waals surface area contributed by atoms with Crippen LogP contribution in [0.15, 0.2) is 36.4 Å². The van der Waals surface area contributed by atoms with Gasteiger partial charge < -0.3 is 10.2 Å². The molecule has 0 aliphatic heterocycles. The molecule has 0 saturated heterocycles. The van der Waals surface area contributed by atoms with Crippen molar-refractivity contribution in [3.05, 3.63) is 47.8 Å². The van der Waals surface area contributed by atoms with E-state index in [1.165, 1.54) is 36.4 Å². The molecule has 5 heteroatoms.